The predicted molar refractivity (Wildman–Crippen MR) is 95.0 cm³/mol. The molecule has 146 valence electrons. The fourth-order valence-corrected chi connectivity index (χ4v) is 2.67. The first-order chi connectivity index (χ1) is 12.2. The highest BCUT2D eigenvalue weighted by Gasteiger charge is 2.30. The molecule has 1 aromatic carbocycles. The van der Waals surface area contributed by atoms with Crippen LogP contribution >= 0.6 is 0 Å². The van der Waals surface area contributed by atoms with Crippen LogP contribution in [0, 0.1) is 0 Å². The molecular formula is C17H26F3N5O. The van der Waals surface area contributed by atoms with Crippen LogP contribution in [0.1, 0.15) is 12.5 Å². The van der Waals surface area contributed by atoms with Gasteiger partial charge in [0.05, 0.1) is 6.54 Å². The van der Waals surface area contributed by atoms with Crippen LogP contribution in [0.25, 0.3) is 0 Å². The van der Waals surface area contributed by atoms with Crippen molar-refractivity contribution in [1.82, 2.24) is 15.1 Å². The number of halogens is 3. The van der Waals surface area contributed by atoms with Crippen molar-refractivity contribution in [2.75, 3.05) is 39.8 Å². The summed E-state index contributed by atoms with van der Waals surface area (Å²) >= 11 is 0. The van der Waals surface area contributed by atoms with Crippen LogP contribution in [-0.2, 0) is 6.54 Å². The van der Waals surface area contributed by atoms with Gasteiger partial charge in [0.25, 0.3) is 0 Å². The predicted octanol–water partition coefficient (Wildman–Crippen LogP) is 1.63. The average molecular weight is 373 g/mol. The summed E-state index contributed by atoms with van der Waals surface area (Å²) < 4.78 is 40.2. The Hall–Kier alpha value is -2.00. The van der Waals surface area contributed by atoms with Crippen LogP contribution in [0.2, 0.25) is 0 Å². The van der Waals surface area contributed by atoms with E-state index >= 15 is 0 Å². The van der Waals surface area contributed by atoms with Gasteiger partial charge in [-0.3, -0.25) is 4.90 Å². The molecule has 0 amide bonds. The fourth-order valence-electron chi connectivity index (χ4n) is 2.67. The fraction of sp³-hybridized carbons (Fsp3) is 0.588. The number of rotatable bonds is 6. The van der Waals surface area contributed by atoms with Crippen molar-refractivity contribution < 1.29 is 17.9 Å². The number of nitrogens with one attached hydrogen (secondary N) is 1. The van der Waals surface area contributed by atoms with Gasteiger partial charge in [0.2, 0.25) is 0 Å². The molecule has 3 N–H and O–H groups in total. The van der Waals surface area contributed by atoms with E-state index in [1.807, 2.05) is 0 Å². The molecule has 1 aliphatic heterocycles. The second kappa shape index (κ2) is 9.09. The normalized spacial score (nSPS) is 18.6. The Balaban J connectivity index is 1.75. The second-order valence-corrected chi connectivity index (χ2v) is 6.46. The number of aliphatic imine (C=N–C) groups is 1. The molecule has 1 atom stereocenters. The van der Waals surface area contributed by atoms with Crippen LogP contribution in [0.4, 0.5) is 13.2 Å². The van der Waals surface area contributed by atoms with E-state index in [-0.39, 0.29) is 12.3 Å². The van der Waals surface area contributed by atoms with Crippen molar-refractivity contribution in [1.29, 1.82) is 0 Å². The lowest BCUT2D eigenvalue weighted by atomic mass is 10.2. The van der Waals surface area contributed by atoms with Gasteiger partial charge in [-0.1, -0.05) is 12.1 Å². The van der Waals surface area contributed by atoms with E-state index in [9.17, 15) is 13.2 Å². The molecule has 1 fully saturated rings. The topological polar surface area (TPSA) is 66.1 Å². The SMILES string of the molecule is CC(CNC(N)=NCc1ccc(OC(F)(F)F)cc1)N1CCN(C)CC1. The number of hydrogen-bond donors (Lipinski definition) is 2. The largest absolute Gasteiger partial charge is 0.573 e. The Labute approximate surface area is 151 Å². The van der Waals surface area contributed by atoms with Gasteiger partial charge in [-0.05, 0) is 31.7 Å². The number of benzene rings is 1. The van der Waals surface area contributed by atoms with Gasteiger partial charge in [0.1, 0.15) is 5.75 Å². The highest BCUT2D eigenvalue weighted by Crippen LogP contribution is 2.22. The number of hydrogen-bond acceptors (Lipinski definition) is 4. The van der Waals surface area contributed by atoms with Crippen molar-refractivity contribution in [3.05, 3.63) is 29.8 Å². The first kappa shape index (κ1) is 20.3. The number of piperazine rings is 1. The second-order valence-electron chi connectivity index (χ2n) is 6.46. The van der Waals surface area contributed by atoms with Gasteiger partial charge in [-0.25, -0.2) is 4.99 Å². The van der Waals surface area contributed by atoms with Gasteiger partial charge in [-0.15, -0.1) is 13.2 Å². The van der Waals surface area contributed by atoms with E-state index in [0.717, 1.165) is 31.7 Å². The number of guanidine groups is 1. The Bertz CT molecular complexity index is 583. The average Bonchev–Trinajstić information content (AvgIpc) is 2.58. The Kier molecular flexibility index (Phi) is 7.10. The van der Waals surface area contributed by atoms with E-state index in [0.29, 0.717) is 18.5 Å². The van der Waals surface area contributed by atoms with Gasteiger partial charge in [0.15, 0.2) is 5.96 Å². The molecule has 1 aliphatic rings. The van der Waals surface area contributed by atoms with Crippen molar-refractivity contribution in [3.63, 3.8) is 0 Å². The Morgan fingerprint density at radius 2 is 1.85 bits per heavy atom. The smallest absolute Gasteiger partial charge is 0.406 e. The highest BCUT2D eigenvalue weighted by molar-refractivity contribution is 5.77. The van der Waals surface area contributed by atoms with E-state index < -0.39 is 6.36 Å². The third-order valence-electron chi connectivity index (χ3n) is 4.33. The van der Waals surface area contributed by atoms with Gasteiger partial charge < -0.3 is 20.7 Å². The number of nitrogens with zero attached hydrogens (tertiary/aromatic N) is 3. The first-order valence-corrected chi connectivity index (χ1v) is 8.54. The molecule has 1 aromatic rings. The molecule has 9 heteroatoms. The standard InChI is InChI=1S/C17H26F3N5O/c1-13(25-9-7-24(2)8-10-25)11-22-16(21)23-12-14-3-5-15(6-4-14)26-17(18,19)20/h3-6,13H,7-12H2,1-2H3,(H3,21,22,23). The van der Waals surface area contributed by atoms with Gasteiger partial charge in [0, 0.05) is 38.8 Å². The molecule has 1 unspecified atom stereocenters. The van der Waals surface area contributed by atoms with Crippen LogP contribution in [0.5, 0.6) is 5.75 Å². The summed E-state index contributed by atoms with van der Waals surface area (Å²) in [4.78, 5) is 8.93. The third-order valence-corrected chi connectivity index (χ3v) is 4.33. The minimum Gasteiger partial charge on any atom is -0.406 e. The molecule has 1 saturated heterocycles. The van der Waals surface area contributed by atoms with Crippen LogP contribution in [-0.4, -0.2) is 67.9 Å². The molecule has 6 nitrogen and oxygen atoms in total. The molecule has 0 spiro atoms. The van der Waals surface area contributed by atoms with E-state index in [1.165, 1.54) is 24.3 Å². The maximum absolute atomic E-state index is 12.1. The third kappa shape index (κ3) is 7.09. The summed E-state index contributed by atoms with van der Waals surface area (Å²) in [5.41, 5.74) is 6.62. The molecule has 26 heavy (non-hydrogen) atoms. The summed E-state index contributed by atoms with van der Waals surface area (Å²) in [6, 6.07) is 5.93. The van der Waals surface area contributed by atoms with Crippen molar-refractivity contribution in [2.24, 2.45) is 10.7 Å². The van der Waals surface area contributed by atoms with Crippen LogP contribution in [0.15, 0.2) is 29.3 Å². The summed E-state index contributed by atoms with van der Waals surface area (Å²) in [7, 11) is 2.12. The minimum absolute atomic E-state index is 0.252. The first-order valence-electron chi connectivity index (χ1n) is 8.54. The zero-order valence-corrected chi connectivity index (χ0v) is 15.1. The van der Waals surface area contributed by atoms with Crippen LogP contribution in [0.3, 0.4) is 0 Å². The van der Waals surface area contributed by atoms with Crippen molar-refractivity contribution >= 4 is 5.96 Å². The summed E-state index contributed by atoms with van der Waals surface area (Å²) in [5.74, 6) is 0.0684. The lowest BCUT2D eigenvalue weighted by Gasteiger charge is -2.36. The minimum atomic E-state index is -4.69. The van der Waals surface area contributed by atoms with Crippen LogP contribution < -0.4 is 15.8 Å². The van der Waals surface area contributed by atoms with Gasteiger partial charge in [-0.2, -0.15) is 0 Å². The van der Waals surface area contributed by atoms with Gasteiger partial charge >= 0.3 is 6.36 Å². The summed E-state index contributed by atoms with van der Waals surface area (Å²) in [6.45, 7) is 7.30. The zero-order valence-electron chi connectivity index (χ0n) is 15.1. The van der Waals surface area contributed by atoms with Crippen molar-refractivity contribution in [3.8, 4) is 5.75 Å². The van der Waals surface area contributed by atoms with E-state index in [4.69, 9.17) is 5.73 Å². The molecule has 0 aromatic heterocycles. The highest BCUT2D eigenvalue weighted by atomic mass is 19.4. The maximum Gasteiger partial charge on any atom is 0.573 e. The van der Waals surface area contributed by atoms with Crippen molar-refractivity contribution in [2.45, 2.75) is 25.9 Å². The number of nitrogens with two attached hydrogens (primary N) is 1. The maximum atomic E-state index is 12.1. The zero-order chi connectivity index (χ0) is 19.2. The van der Waals surface area contributed by atoms with E-state index in [1.54, 1.807) is 0 Å². The summed E-state index contributed by atoms with van der Waals surface area (Å²) in [6.07, 6.45) is -4.69. The molecule has 0 bridgehead atoms. The Morgan fingerprint density at radius 3 is 2.42 bits per heavy atom. The number of likely N-dealkylation sites (N-methyl/N-ethyl adjacent to an activating group) is 1. The Morgan fingerprint density at radius 1 is 1.23 bits per heavy atom. The molecule has 0 radical (unpaired) electrons. The molecule has 0 aliphatic carbocycles. The lowest BCUT2D eigenvalue weighted by molar-refractivity contribution is -0.274. The molecule has 0 saturated carbocycles. The molecule has 2 rings (SSSR count). The van der Waals surface area contributed by atoms with E-state index in [2.05, 4.69) is 38.8 Å². The molecular weight excluding hydrogens is 347 g/mol. The monoisotopic (exact) mass is 373 g/mol. The number of ether oxygens (including phenoxy) is 1. The summed E-state index contributed by atoms with van der Waals surface area (Å²) in [5, 5.41) is 3.10. The number of alkyl halides is 3. The quantitative estimate of drug-likeness (QED) is 0.586. The lowest BCUT2D eigenvalue weighted by Crippen LogP contribution is -2.51. The molecule has 1 heterocycles.